The Morgan fingerprint density at radius 1 is 0.633 bits per heavy atom. The SMILES string of the molecule is O=S(=O)([O-])O.[CH2-]CS(=O)(=O)c1ccc2c(S(=O)(=O)[O-])c(N=Nc3cc(S(=O)(=O)[O-])c4cccc(S(=O)(=O)[O-])c4c3O)ccc2c1.[Na+].[Na+].[Na+].[Na+]. The molecule has 0 aromatic heterocycles. The van der Waals surface area contributed by atoms with Crippen LogP contribution in [0.15, 0.2) is 84.4 Å². The van der Waals surface area contributed by atoms with E-state index in [1.807, 2.05) is 0 Å². The van der Waals surface area contributed by atoms with Crippen molar-refractivity contribution in [3.63, 3.8) is 0 Å². The number of nitrogens with zero attached hydrogens (tertiary/aromatic N) is 2. The van der Waals surface area contributed by atoms with Crippen LogP contribution in [0.5, 0.6) is 5.75 Å². The van der Waals surface area contributed by atoms with E-state index in [4.69, 9.17) is 17.5 Å². The third-order valence-electron chi connectivity index (χ3n) is 5.64. The number of sulfone groups is 1. The van der Waals surface area contributed by atoms with E-state index in [0.29, 0.717) is 6.07 Å². The Labute approximate surface area is 369 Å². The smallest absolute Gasteiger partial charge is 0.744 e. The molecular weight excluding hydrogens is 801 g/mol. The second kappa shape index (κ2) is 19.1. The van der Waals surface area contributed by atoms with Gasteiger partial charge in [-0.25, -0.2) is 42.1 Å². The first kappa shape index (κ1) is 51.5. The molecule has 0 fully saturated rings. The summed E-state index contributed by atoms with van der Waals surface area (Å²) in [6.07, 6.45) is 0. The summed E-state index contributed by atoms with van der Waals surface area (Å²) in [5.41, 5.74) is -1.49. The first-order valence-corrected chi connectivity index (χ1v) is 18.5. The monoisotopic (exact) mass is 815 g/mol. The second-order valence-electron chi connectivity index (χ2n) is 8.53. The van der Waals surface area contributed by atoms with Gasteiger partial charge in [-0.15, -0.1) is 10.2 Å². The molecule has 0 aliphatic rings. The Balaban J connectivity index is 0. The van der Waals surface area contributed by atoms with Gasteiger partial charge in [0.1, 0.15) is 41.7 Å². The maximum Gasteiger partial charge on any atom is 1.00 e. The Kier molecular flexibility index (Phi) is 20.0. The Morgan fingerprint density at radius 3 is 1.61 bits per heavy atom. The molecule has 0 saturated carbocycles. The molecule has 0 amide bonds. The predicted molar refractivity (Wildman–Crippen MR) is 147 cm³/mol. The van der Waals surface area contributed by atoms with E-state index in [1.54, 1.807) is 0 Å². The second-order valence-corrected chi connectivity index (χ2v) is 15.5. The van der Waals surface area contributed by atoms with Crippen LogP contribution in [-0.4, -0.2) is 75.7 Å². The number of phenolic OH excluding ortho intramolecular Hbond substituents is 1. The molecule has 0 aliphatic heterocycles. The molecule has 0 saturated heterocycles. The van der Waals surface area contributed by atoms with Gasteiger partial charge in [-0.3, -0.25) is 4.55 Å². The van der Waals surface area contributed by atoms with Crippen LogP contribution in [0.1, 0.15) is 0 Å². The van der Waals surface area contributed by atoms with Crippen LogP contribution in [-0.2, 0) is 50.6 Å². The summed E-state index contributed by atoms with van der Waals surface area (Å²) in [6.45, 7) is 3.31. The molecule has 4 rings (SSSR count). The van der Waals surface area contributed by atoms with E-state index >= 15 is 0 Å². The van der Waals surface area contributed by atoms with Crippen molar-refractivity contribution in [2.45, 2.75) is 19.6 Å². The van der Waals surface area contributed by atoms with E-state index in [1.165, 1.54) is 6.07 Å². The fourth-order valence-corrected chi connectivity index (χ4v) is 6.93. The first-order valence-electron chi connectivity index (χ1n) is 11.2. The average molecular weight is 816 g/mol. The maximum absolute atomic E-state index is 12.1. The van der Waals surface area contributed by atoms with Crippen molar-refractivity contribution in [3.05, 3.63) is 61.5 Å². The molecule has 244 valence electrons. The predicted octanol–water partition coefficient (Wildman–Crippen LogP) is -10.5. The van der Waals surface area contributed by atoms with Gasteiger partial charge in [0.05, 0.1) is 19.6 Å². The number of aromatic hydroxyl groups is 1. The minimum atomic E-state index is -5.35. The largest absolute Gasteiger partial charge is 1.00 e. The van der Waals surface area contributed by atoms with E-state index in [-0.39, 0.29) is 134 Å². The Hall–Kier alpha value is 0.350. The number of hydrogen-bond donors (Lipinski definition) is 2. The number of phenols is 1. The van der Waals surface area contributed by atoms with E-state index < -0.39 is 98.9 Å². The first-order chi connectivity index (χ1) is 20.4. The topological polar surface area (TPSA) is 328 Å². The molecule has 0 unspecified atom stereocenters. The molecule has 0 atom stereocenters. The van der Waals surface area contributed by atoms with Crippen molar-refractivity contribution in [1.29, 1.82) is 0 Å². The van der Waals surface area contributed by atoms with Gasteiger partial charge in [0.25, 0.3) is 0 Å². The zero-order valence-corrected chi connectivity index (χ0v) is 37.7. The molecule has 49 heavy (non-hydrogen) atoms. The van der Waals surface area contributed by atoms with Crippen molar-refractivity contribution in [2.24, 2.45) is 10.2 Å². The van der Waals surface area contributed by atoms with Crippen LogP contribution in [0.25, 0.3) is 21.5 Å². The summed E-state index contributed by atoms with van der Waals surface area (Å²) in [5.74, 6) is -1.58. The quantitative estimate of drug-likeness (QED) is 0.0575. The van der Waals surface area contributed by atoms with E-state index in [9.17, 15) is 52.4 Å². The van der Waals surface area contributed by atoms with Crippen LogP contribution in [0.2, 0.25) is 0 Å². The van der Waals surface area contributed by atoms with E-state index in [2.05, 4.69) is 17.2 Å². The van der Waals surface area contributed by atoms with Gasteiger partial charge in [0.15, 0.2) is 15.6 Å². The van der Waals surface area contributed by atoms with Crippen molar-refractivity contribution < 1.29 is 188 Å². The summed E-state index contributed by atoms with van der Waals surface area (Å²) in [4.78, 5) is -3.30. The van der Waals surface area contributed by atoms with Crippen molar-refractivity contribution in [1.82, 2.24) is 0 Å². The fraction of sp³-hybridized carbons (Fsp3) is 0.0455. The van der Waals surface area contributed by atoms with Crippen LogP contribution in [0.4, 0.5) is 11.4 Å². The van der Waals surface area contributed by atoms with Gasteiger partial charge < -0.3 is 30.2 Å². The van der Waals surface area contributed by atoms with Gasteiger partial charge >= 0.3 is 118 Å². The average Bonchev–Trinajstić information content (AvgIpc) is 2.89. The van der Waals surface area contributed by atoms with Crippen molar-refractivity contribution >= 4 is 83.5 Å². The van der Waals surface area contributed by atoms with Crippen LogP contribution in [0.3, 0.4) is 0 Å². The molecule has 4 aromatic rings. The van der Waals surface area contributed by atoms with Gasteiger partial charge in [0.2, 0.25) is 10.4 Å². The van der Waals surface area contributed by atoms with Crippen LogP contribution < -0.4 is 118 Å². The molecule has 18 nitrogen and oxygen atoms in total. The minimum Gasteiger partial charge on any atom is -0.744 e. The zero-order valence-electron chi connectivity index (χ0n) is 25.7. The molecule has 2 N–H and O–H groups in total. The van der Waals surface area contributed by atoms with Crippen molar-refractivity contribution in [2.75, 3.05) is 5.75 Å². The normalized spacial score (nSPS) is 12.1. The molecule has 0 spiro atoms. The van der Waals surface area contributed by atoms with E-state index in [0.717, 1.165) is 42.5 Å². The van der Waals surface area contributed by atoms with Crippen LogP contribution in [0, 0.1) is 6.92 Å². The summed E-state index contributed by atoms with van der Waals surface area (Å²) >= 11 is 0. The van der Waals surface area contributed by atoms with Crippen molar-refractivity contribution in [3.8, 4) is 5.75 Å². The van der Waals surface area contributed by atoms with Gasteiger partial charge in [0, 0.05) is 16.2 Å². The standard InChI is InChI=1S/C22H17N2O12S4.4Na.H2O4S/c1-2-37(26,27)13-7-8-14-12(10-13)6-9-16(22(14)40(34,35)36)23-24-17-11-19(39(31,32)33)15-4-3-5-18(38(28,29)30)20(15)21(17)25;;;;;1-5(2,3)4/h3-11,25H,1-2H2,(H,28,29,30)(H,31,32,33)(H,34,35,36);;;;;(H2,1,2,3,4)/q-1;4*+1;/p-4. The molecule has 4 aromatic carbocycles. The van der Waals surface area contributed by atoms with Gasteiger partial charge in [-0.2, -0.15) is 0 Å². The molecule has 0 heterocycles. The zero-order chi connectivity index (χ0) is 34.3. The summed E-state index contributed by atoms with van der Waals surface area (Å²) < 4.78 is 164. The summed E-state index contributed by atoms with van der Waals surface area (Å²) in [7, 11) is -24.7. The number of hydrogen-bond acceptors (Lipinski definition) is 17. The third-order valence-corrected chi connectivity index (χ3v) is 9.84. The molecule has 0 aliphatic carbocycles. The third kappa shape index (κ3) is 13.3. The maximum atomic E-state index is 12.1. The number of benzene rings is 4. The fourth-order valence-electron chi connectivity index (χ4n) is 3.90. The van der Waals surface area contributed by atoms with Crippen LogP contribution >= 0.6 is 0 Å². The summed E-state index contributed by atoms with van der Waals surface area (Å²) in [6, 6.07) is 8.57. The Bertz CT molecular complexity index is 2450. The van der Waals surface area contributed by atoms with Gasteiger partial charge in [-0.05, 0) is 35.7 Å². The Morgan fingerprint density at radius 2 is 1.14 bits per heavy atom. The number of azo groups is 1. The molecular formula is C22H15N2Na4O16S5-. The molecule has 0 bridgehead atoms. The minimum absolute atomic E-state index is 0. The summed E-state index contributed by atoms with van der Waals surface area (Å²) in [5, 5.41) is 16.1. The molecule has 27 heteroatoms. The number of rotatable bonds is 7. The number of fused-ring (bicyclic) bond motifs is 2. The van der Waals surface area contributed by atoms with Gasteiger partial charge in [-0.1, -0.05) is 30.0 Å². The molecule has 0 radical (unpaired) electrons.